The van der Waals surface area contributed by atoms with Crippen LogP contribution in [0.4, 0.5) is 17.6 Å². The molecule has 0 aromatic rings. The zero-order valence-corrected chi connectivity index (χ0v) is 6.80. The Bertz CT molecular complexity index is 241. The lowest BCUT2D eigenvalue weighted by atomic mass is 10.0. The van der Waals surface area contributed by atoms with Gasteiger partial charge in [0.25, 0.3) is 0 Å². The fraction of sp³-hybridized carbons (Fsp3) is 0.429. The zero-order valence-electron chi connectivity index (χ0n) is 6.04. The standard InChI is InChI=1S/C7H5ClF4/c1-2-4(9)6(11)3(8)7(12)5(2)10/h3,6H,1H3. The van der Waals surface area contributed by atoms with Gasteiger partial charge in [0.05, 0.1) is 0 Å². The first-order chi connectivity index (χ1) is 5.46. The number of halogens is 5. The lowest BCUT2D eigenvalue weighted by Crippen LogP contribution is -2.23. The minimum absolute atomic E-state index is 0.656. The molecular weight excluding hydrogens is 196 g/mol. The van der Waals surface area contributed by atoms with Crippen molar-refractivity contribution in [2.75, 3.05) is 0 Å². The van der Waals surface area contributed by atoms with Crippen molar-refractivity contribution in [3.63, 3.8) is 0 Å². The van der Waals surface area contributed by atoms with Crippen molar-refractivity contribution in [3.05, 3.63) is 23.1 Å². The summed E-state index contributed by atoms with van der Waals surface area (Å²) in [5.74, 6) is -4.18. The Hall–Kier alpha value is -0.510. The van der Waals surface area contributed by atoms with Crippen LogP contribution < -0.4 is 0 Å². The van der Waals surface area contributed by atoms with E-state index in [0.29, 0.717) is 0 Å². The number of rotatable bonds is 0. The van der Waals surface area contributed by atoms with E-state index in [9.17, 15) is 17.6 Å². The summed E-state index contributed by atoms with van der Waals surface area (Å²) in [6.45, 7) is 0.958. The molecule has 0 nitrogen and oxygen atoms in total. The van der Waals surface area contributed by atoms with E-state index in [2.05, 4.69) is 0 Å². The van der Waals surface area contributed by atoms with Gasteiger partial charge < -0.3 is 0 Å². The van der Waals surface area contributed by atoms with E-state index in [1.165, 1.54) is 0 Å². The molecule has 0 spiro atoms. The average Bonchev–Trinajstić information content (AvgIpc) is 2.08. The van der Waals surface area contributed by atoms with Crippen LogP contribution in [0.25, 0.3) is 0 Å². The van der Waals surface area contributed by atoms with Crippen molar-refractivity contribution in [2.45, 2.75) is 18.5 Å². The molecule has 5 heteroatoms. The van der Waals surface area contributed by atoms with Crippen LogP contribution >= 0.6 is 11.6 Å². The van der Waals surface area contributed by atoms with Gasteiger partial charge in [-0.15, -0.1) is 11.6 Å². The molecule has 0 heterocycles. The van der Waals surface area contributed by atoms with E-state index in [1.54, 1.807) is 0 Å². The number of hydrogen-bond donors (Lipinski definition) is 0. The van der Waals surface area contributed by atoms with E-state index in [1.807, 2.05) is 0 Å². The normalized spacial score (nSPS) is 31.5. The highest BCUT2D eigenvalue weighted by Gasteiger charge is 2.36. The Labute approximate surface area is 71.5 Å². The predicted octanol–water partition coefficient (Wildman–Crippen LogP) is 3.34. The van der Waals surface area contributed by atoms with Crippen molar-refractivity contribution in [1.82, 2.24) is 0 Å². The molecule has 0 amide bonds. The molecule has 0 radical (unpaired) electrons. The molecule has 1 rings (SSSR count). The van der Waals surface area contributed by atoms with E-state index < -0.39 is 34.6 Å². The van der Waals surface area contributed by atoms with Gasteiger partial charge in [-0.25, -0.2) is 17.6 Å². The minimum Gasteiger partial charge on any atom is -0.238 e. The lowest BCUT2D eigenvalue weighted by molar-refractivity contribution is 0.293. The first-order valence-electron chi connectivity index (χ1n) is 3.16. The summed E-state index contributed by atoms with van der Waals surface area (Å²) in [7, 11) is 0. The third-order valence-electron chi connectivity index (χ3n) is 1.64. The van der Waals surface area contributed by atoms with Gasteiger partial charge in [0.15, 0.2) is 17.8 Å². The summed E-state index contributed by atoms with van der Waals surface area (Å²) < 4.78 is 50.4. The Morgan fingerprint density at radius 2 is 1.67 bits per heavy atom. The first-order valence-corrected chi connectivity index (χ1v) is 3.60. The number of allylic oxidation sites excluding steroid dienone is 4. The molecule has 0 fully saturated rings. The van der Waals surface area contributed by atoms with Crippen molar-refractivity contribution < 1.29 is 17.6 Å². The summed E-state index contributed by atoms with van der Waals surface area (Å²) in [4.78, 5) is 0. The van der Waals surface area contributed by atoms with Gasteiger partial charge in [0, 0.05) is 5.57 Å². The van der Waals surface area contributed by atoms with Crippen LogP contribution in [0.1, 0.15) is 6.92 Å². The SMILES string of the molecule is CC1=C(F)C(F)C(Cl)C(F)=C1F. The molecule has 12 heavy (non-hydrogen) atoms. The molecule has 1 aliphatic rings. The van der Waals surface area contributed by atoms with E-state index in [-0.39, 0.29) is 0 Å². The van der Waals surface area contributed by atoms with Crippen LogP contribution in [-0.4, -0.2) is 11.5 Å². The van der Waals surface area contributed by atoms with Crippen molar-refractivity contribution in [3.8, 4) is 0 Å². The van der Waals surface area contributed by atoms with Crippen LogP contribution in [-0.2, 0) is 0 Å². The average molecular weight is 201 g/mol. The minimum atomic E-state index is -2.29. The Morgan fingerprint density at radius 1 is 1.17 bits per heavy atom. The molecule has 0 aromatic carbocycles. The molecule has 0 saturated heterocycles. The van der Waals surface area contributed by atoms with Crippen molar-refractivity contribution in [1.29, 1.82) is 0 Å². The van der Waals surface area contributed by atoms with Crippen molar-refractivity contribution >= 4 is 11.6 Å². The molecular formula is C7H5ClF4. The van der Waals surface area contributed by atoms with Gasteiger partial charge in [-0.05, 0) is 6.92 Å². The summed E-state index contributed by atoms with van der Waals surface area (Å²) >= 11 is 5.05. The summed E-state index contributed by atoms with van der Waals surface area (Å²) in [5.41, 5.74) is -0.656. The highest BCUT2D eigenvalue weighted by atomic mass is 35.5. The fourth-order valence-electron chi connectivity index (χ4n) is 0.869. The third kappa shape index (κ3) is 1.24. The van der Waals surface area contributed by atoms with Gasteiger partial charge in [-0.2, -0.15) is 0 Å². The molecule has 0 bridgehead atoms. The summed E-state index contributed by atoms with van der Waals surface area (Å²) in [6.07, 6.45) is -2.29. The monoisotopic (exact) mass is 200 g/mol. The van der Waals surface area contributed by atoms with Gasteiger partial charge >= 0.3 is 0 Å². The van der Waals surface area contributed by atoms with Crippen LogP contribution in [0.5, 0.6) is 0 Å². The second-order valence-electron chi connectivity index (χ2n) is 2.44. The zero-order chi connectivity index (χ0) is 9.46. The molecule has 1 aliphatic carbocycles. The highest BCUT2D eigenvalue weighted by molar-refractivity contribution is 6.23. The molecule has 0 aromatic heterocycles. The summed E-state index contributed by atoms with van der Waals surface area (Å²) in [6, 6.07) is 0. The maximum Gasteiger partial charge on any atom is 0.174 e. The Balaban J connectivity index is 3.18. The number of alkyl halides is 2. The smallest absolute Gasteiger partial charge is 0.174 e. The fourth-order valence-corrected chi connectivity index (χ4v) is 1.08. The van der Waals surface area contributed by atoms with Crippen LogP contribution in [0.15, 0.2) is 23.1 Å². The largest absolute Gasteiger partial charge is 0.238 e. The molecule has 0 N–H and O–H groups in total. The molecule has 0 aliphatic heterocycles. The second-order valence-corrected chi connectivity index (χ2v) is 2.91. The van der Waals surface area contributed by atoms with Crippen LogP contribution in [0.2, 0.25) is 0 Å². The van der Waals surface area contributed by atoms with Crippen LogP contribution in [0.3, 0.4) is 0 Å². The van der Waals surface area contributed by atoms with Gasteiger partial charge in [-0.3, -0.25) is 0 Å². The van der Waals surface area contributed by atoms with Crippen LogP contribution in [0, 0.1) is 0 Å². The van der Waals surface area contributed by atoms with Gasteiger partial charge in [0.2, 0.25) is 0 Å². The molecule has 2 unspecified atom stereocenters. The maximum absolute atomic E-state index is 12.6. The second kappa shape index (κ2) is 3.09. The Morgan fingerprint density at radius 3 is 2.17 bits per heavy atom. The van der Waals surface area contributed by atoms with Crippen molar-refractivity contribution in [2.24, 2.45) is 0 Å². The predicted molar refractivity (Wildman–Crippen MR) is 37.6 cm³/mol. The third-order valence-corrected chi connectivity index (χ3v) is 2.05. The first kappa shape index (κ1) is 9.58. The number of hydrogen-bond acceptors (Lipinski definition) is 0. The highest BCUT2D eigenvalue weighted by Crippen LogP contribution is 2.37. The Kier molecular flexibility index (Phi) is 2.46. The van der Waals surface area contributed by atoms with E-state index >= 15 is 0 Å². The van der Waals surface area contributed by atoms with E-state index in [4.69, 9.17) is 11.6 Å². The molecule has 0 saturated carbocycles. The maximum atomic E-state index is 12.6. The topological polar surface area (TPSA) is 0 Å². The van der Waals surface area contributed by atoms with Gasteiger partial charge in [0.1, 0.15) is 11.2 Å². The molecule has 2 atom stereocenters. The summed E-state index contributed by atoms with van der Waals surface area (Å²) in [5, 5.41) is -1.88. The molecule has 68 valence electrons. The quantitative estimate of drug-likeness (QED) is 0.416. The van der Waals surface area contributed by atoms with Gasteiger partial charge in [-0.1, -0.05) is 0 Å². The lowest BCUT2D eigenvalue weighted by Gasteiger charge is -2.18. The van der Waals surface area contributed by atoms with E-state index in [0.717, 1.165) is 6.92 Å².